The molecule has 0 radical (unpaired) electrons. The van der Waals surface area contributed by atoms with Crippen molar-refractivity contribution in [1.29, 1.82) is 0 Å². The molecule has 0 saturated carbocycles. The second-order valence-electron chi connectivity index (χ2n) is 5.73. The van der Waals surface area contributed by atoms with E-state index in [9.17, 15) is 4.79 Å². The molecule has 0 atom stereocenters. The molecule has 0 aliphatic heterocycles. The topological polar surface area (TPSA) is 56.1 Å². The lowest BCUT2D eigenvalue weighted by molar-refractivity contribution is -0.127. The van der Waals surface area contributed by atoms with E-state index in [1.54, 1.807) is 32.4 Å². The molecule has 3 aromatic rings. The van der Waals surface area contributed by atoms with E-state index in [1.807, 2.05) is 47.0 Å². The molecule has 7 heteroatoms. The molecule has 0 bridgehead atoms. The number of benzene rings is 1. The van der Waals surface area contributed by atoms with Crippen LogP contribution in [0.25, 0.3) is 5.52 Å². The monoisotopic (exact) mass is 371 g/mol. The Morgan fingerprint density at radius 3 is 2.81 bits per heavy atom. The Morgan fingerprint density at radius 1 is 1.19 bits per heavy atom. The molecule has 1 amide bonds. The molecule has 0 unspecified atom stereocenters. The standard InChI is InChI=1S/C19H21N3O3S/c1-21(12-14-7-6-9-16(24-2)18(14)25-3)17(23)13-26-19-20-11-15-8-4-5-10-22(15)19/h4-11H,12-13H2,1-3H3. The predicted octanol–water partition coefficient (Wildman–Crippen LogP) is 3.10. The fourth-order valence-corrected chi connectivity index (χ4v) is 3.59. The molecule has 0 spiro atoms. The summed E-state index contributed by atoms with van der Waals surface area (Å²) in [5.41, 5.74) is 1.91. The normalized spacial score (nSPS) is 10.7. The average Bonchev–Trinajstić information content (AvgIpc) is 3.08. The van der Waals surface area contributed by atoms with Gasteiger partial charge in [0, 0.05) is 25.4 Å². The molecule has 136 valence electrons. The predicted molar refractivity (Wildman–Crippen MR) is 102 cm³/mol. The van der Waals surface area contributed by atoms with Crippen molar-refractivity contribution < 1.29 is 14.3 Å². The van der Waals surface area contributed by atoms with Gasteiger partial charge in [-0.1, -0.05) is 30.0 Å². The first kappa shape index (κ1) is 18.1. The van der Waals surface area contributed by atoms with Crippen molar-refractivity contribution in [3.05, 3.63) is 54.4 Å². The lowest BCUT2D eigenvalue weighted by Crippen LogP contribution is -2.28. The molecule has 2 heterocycles. The van der Waals surface area contributed by atoms with Gasteiger partial charge in [-0.25, -0.2) is 4.98 Å². The average molecular weight is 371 g/mol. The molecule has 0 N–H and O–H groups in total. The van der Waals surface area contributed by atoms with E-state index in [0.717, 1.165) is 16.2 Å². The number of thioether (sulfide) groups is 1. The van der Waals surface area contributed by atoms with Crippen LogP contribution in [-0.4, -0.2) is 47.2 Å². The summed E-state index contributed by atoms with van der Waals surface area (Å²) in [6, 6.07) is 11.6. The van der Waals surface area contributed by atoms with Gasteiger partial charge >= 0.3 is 0 Å². The van der Waals surface area contributed by atoms with Crippen LogP contribution in [-0.2, 0) is 11.3 Å². The third-order valence-corrected chi connectivity index (χ3v) is 5.00. The van der Waals surface area contributed by atoms with E-state index >= 15 is 0 Å². The molecule has 3 rings (SSSR count). The number of para-hydroxylation sites is 1. The SMILES string of the molecule is COc1cccc(CN(C)C(=O)CSc2ncc3ccccn23)c1OC. The number of imidazole rings is 1. The smallest absolute Gasteiger partial charge is 0.233 e. The first-order chi connectivity index (χ1) is 12.6. The molecule has 0 saturated heterocycles. The van der Waals surface area contributed by atoms with E-state index in [1.165, 1.54) is 11.8 Å². The molecule has 0 fully saturated rings. The molecule has 6 nitrogen and oxygen atoms in total. The Balaban J connectivity index is 1.65. The maximum atomic E-state index is 12.5. The van der Waals surface area contributed by atoms with Crippen molar-refractivity contribution in [2.75, 3.05) is 27.0 Å². The summed E-state index contributed by atoms with van der Waals surface area (Å²) >= 11 is 1.43. The molecular formula is C19H21N3O3S. The lowest BCUT2D eigenvalue weighted by atomic mass is 10.1. The zero-order valence-corrected chi connectivity index (χ0v) is 15.8. The molecule has 1 aromatic carbocycles. The number of hydrogen-bond acceptors (Lipinski definition) is 5. The molecule has 2 aromatic heterocycles. The number of amides is 1. The quantitative estimate of drug-likeness (QED) is 0.598. The number of methoxy groups -OCH3 is 2. The number of hydrogen-bond donors (Lipinski definition) is 0. The van der Waals surface area contributed by atoms with Crippen molar-refractivity contribution >= 4 is 23.2 Å². The number of rotatable bonds is 7. The zero-order chi connectivity index (χ0) is 18.5. The van der Waals surface area contributed by atoms with E-state index in [2.05, 4.69) is 4.98 Å². The van der Waals surface area contributed by atoms with Crippen LogP contribution < -0.4 is 9.47 Å². The highest BCUT2D eigenvalue weighted by molar-refractivity contribution is 7.99. The Labute approximate surface area is 156 Å². The van der Waals surface area contributed by atoms with Crippen molar-refractivity contribution in [3.63, 3.8) is 0 Å². The number of carbonyl (C=O) groups excluding carboxylic acids is 1. The van der Waals surface area contributed by atoms with Gasteiger partial charge in [0.05, 0.1) is 31.7 Å². The van der Waals surface area contributed by atoms with E-state index in [-0.39, 0.29) is 5.91 Å². The molecular weight excluding hydrogens is 350 g/mol. The summed E-state index contributed by atoms with van der Waals surface area (Å²) < 4.78 is 12.7. The van der Waals surface area contributed by atoms with Gasteiger partial charge in [-0.05, 0) is 18.2 Å². The zero-order valence-electron chi connectivity index (χ0n) is 15.0. The van der Waals surface area contributed by atoms with Crippen LogP contribution in [0.15, 0.2) is 53.9 Å². The highest BCUT2D eigenvalue weighted by Crippen LogP contribution is 2.31. The van der Waals surface area contributed by atoms with Gasteiger partial charge in [-0.2, -0.15) is 0 Å². The largest absolute Gasteiger partial charge is 0.493 e. The van der Waals surface area contributed by atoms with Crippen LogP contribution in [0.2, 0.25) is 0 Å². The fourth-order valence-electron chi connectivity index (χ4n) is 2.68. The van der Waals surface area contributed by atoms with Crippen LogP contribution in [0.1, 0.15) is 5.56 Å². The number of fused-ring (bicyclic) bond motifs is 1. The molecule has 26 heavy (non-hydrogen) atoms. The van der Waals surface area contributed by atoms with Crippen LogP contribution in [0, 0.1) is 0 Å². The van der Waals surface area contributed by atoms with Crippen LogP contribution in [0.5, 0.6) is 11.5 Å². The number of carbonyl (C=O) groups is 1. The van der Waals surface area contributed by atoms with Crippen LogP contribution in [0.4, 0.5) is 0 Å². The summed E-state index contributed by atoms with van der Waals surface area (Å²) in [5.74, 6) is 1.65. The van der Waals surface area contributed by atoms with Gasteiger partial charge in [0.1, 0.15) is 0 Å². The summed E-state index contributed by atoms with van der Waals surface area (Å²) in [4.78, 5) is 18.6. The van der Waals surface area contributed by atoms with Gasteiger partial charge < -0.3 is 14.4 Å². The van der Waals surface area contributed by atoms with Crippen molar-refractivity contribution in [3.8, 4) is 11.5 Å². The third-order valence-electron chi connectivity index (χ3n) is 4.05. The first-order valence-electron chi connectivity index (χ1n) is 8.12. The van der Waals surface area contributed by atoms with Gasteiger partial charge in [0.25, 0.3) is 0 Å². The van der Waals surface area contributed by atoms with Gasteiger partial charge in [-0.15, -0.1) is 0 Å². The summed E-state index contributed by atoms with van der Waals surface area (Å²) in [6.07, 6.45) is 3.75. The second kappa shape index (κ2) is 8.14. The number of pyridine rings is 1. The highest BCUT2D eigenvalue weighted by atomic mass is 32.2. The van der Waals surface area contributed by atoms with Crippen molar-refractivity contribution in [2.24, 2.45) is 0 Å². The lowest BCUT2D eigenvalue weighted by Gasteiger charge is -2.19. The van der Waals surface area contributed by atoms with E-state index < -0.39 is 0 Å². The number of aromatic nitrogens is 2. The van der Waals surface area contributed by atoms with Crippen molar-refractivity contribution in [2.45, 2.75) is 11.7 Å². The maximum Gasteiger partial charge on any atom is 0.233 e. The van der Waals surface area contributed by atoms with Crippen molar-refractivity contribution in [1.82, 2.24) is 14.3 Å². The van der Waals surface area contributed by atoms with E-state index in [0.29, 0.717) is 23.8 Å². The highest BCUT2D eigenvalue weighted by Gasteiger charge is 2.16. The van der Waals surface area contributed by atoms with Crippen LogP contribution >= 0.6 is 11.8 Å². The Bertz CT molecular complexity index is 910. The first-order valence-corrected chi connectivity index (χ1v) is 9.11. The van der Waals surface area contributed by atoms with Crippen LogP contribution in [0.3, 0.4) is 0 Å². The minimum Gasteiger partial charge on any atom is -0.493 e. The van der Waals surface area contributed by atoms with Gasteiger partial charge in [-0.3, -0.25) is 9.20 Å². The van der Waals surface area contributed by atoms with Gasteiger partial charge in [0.15, 0.2) is 16.7 Å². The minimum atomic E-state index is 0.0209. The second-order valence-corrected chi connectivity index (χ2v) is 6.67. The molecule has 0 aliphatic rings. The summed E-state index contributed by atoms with van der Waals surface area (Å²) in [5, 5.41) is 0.807. The Kier molecular flexibility index (Phi) is 5.68. The number of nitrogens with zero attached hydrogens (tertiary/aromatic N) is 3. The fraction of sp³-hybridized carbons (Fsp3) is 0.263. The summed E-state index contributed by atoms with van der Waals surface area (Å²) in [7, 11) is 4.98. The Hall–Kier alpha value is -2.67. The van der Waals surface area contributed by atoms with Gasteiger partial charge in [0.2, 0.25) is 5.91 Å². The third kappa shape index (κ3) is 3.77. The molecule has 0 aliphatic carbocycles. The van der Waals surface area contributed by atoms with E-state index in [4.69, 9.17) is 9.47 Å². The Morgan fingerprint density at radius 2 is 2.04 bits per heavy atom. The minimum absolute atomic E-state index is 0.0209. The maximum absolute atomic E-state index is 12.5. The number of ether oxygens (including phenoxy) is 2. The summed E-state index contributed by atoms with van der Waals surface area (Å²) in [6.45, 7) is 0.447.